The number of carboxylic acid groups (broad SMARTS) is 1. The van der Waals surface area contributed by atoms with Crippen LogP contribution in [0, 0.1) is 17.8 Å². The lowest BCUT2D eigenvalue weighted by atomic mass is 9.77. The van der Waals surface area contributed by atoms with Gasteiger partial charge in [-0.3, -0.25) is 14.4 Å². The zero-order valence-electron chi connectivity index (χ0n) is 24.8. The van der Waals surface area contributed by atoms with Gasteiger partial charge in [0.2, 0.25) is 5.91 Å². The Morgan fingerprint density at radius 1 is 1.09 bits per heavy atom. The summed E-state index contributed by atoms with van der Waals surface area (Å²) in [6.07, 6.45) is 7.28. The molecule has 10 nitrogen and oxygen atoms in total. The molecule has 2 aliphatic heterocycles. The number of amides is 2. The maximum Gasteiger partial charge on any atom is 0.307 e. The lowest BCUT2D eigenvalue weighted by Crippen LogP contribution is -2.50. The van der Waals surface area contributed by atoms with Crippen LogP contribution in [-0.4, -0.2) is 63.9 Å². The van der Waals surface area contributed by atoms with E-state index in [-0.39, 0.29) is 25.0 Å². The Labute approximate surface area is 266 Å². The SMILES string of the molecule is N/C(=C\N(N)CC1CC1)COc1ccc(Br)c2c1C(CN1Cc3ccccc3C1=O)N(C(=O)C1CCCCC1C(=O)O)CC2. The van der Waals surface area contributed by atoms with E-state index in [1.165, 1.54) is 12.8 Å². The summed E-state index contributed by atoms with van der Waals surface area (Å²) < 4.78 is 7.23. The number of benzene rings is 2. The Kier molecular flexibility index (Phi) is 8.87. The monoisotopic (exact) mass is 665 g/mol. The third kappa shape index (κ3) is 6.30. The van der Waals surface area contributed by atoms with Gasteiger partial charge in [-0.1, -0.05) is 47.0 Å². The Bertz CT molecular complexity index is 1480. The predicted octanol–water partition coefficient (Wildman–Crippen LogP) is 4.19. The van der Waals surface area contributed by atoms with Crippen molar-refractivity contribution in [3.05, 3.63) is 75.0 Å². The van der Waals surface area contributed by atoms with Crippen molar-refractivity contribution in [1.29, 1.82) is 0 Å². The van der Waals surface area contributed by atoms with E-state index >= 15 is 0 Å². The van der Waals surface area contributed by atoms with Crippen LogP contribution in [0.1, 0.15) is 71.6 Å². The summed E-state index contributed by atoms with van der Waals surface area (Å²) in [5.41, 5.74) is 10.2. The van der Waals surface area contributed by atoms with Gasteiger partial charge >= 0.3 is 5.97 Å². The van der Waals surface area contributed by atoms with Crippen LogP contribution < -0.4 is 16.3 Å². The van der Waals surface area contributed by atoms with Gasteiger partial charge in [0.1, 0.15) is 12.4 Å². The molecule has 5 N–H and O–H groups in total. The number of rotatable bonds is 10. The van der Waals surface area contributed by atoms with Crippen LogP contribution in [0.3, 0.4) is 0 Å². The van der Waals surface area contributed by atoms with Crippen molar-refractivity contribution >= 4 is 33.7 Å². The largest absolute Gasteiger partial charge is 0.487 e. The molecule has 6 rings (SSSR count). The Hall–Kier alpha value is -3.57. The van der Waals surface area contributed by atoms with Gasteiger partial charge in [0.15, 0.2) is 0 Å². The number of hydrogen-bond donors (Lipinski definition) is 3. The molecule has 0 bridgehead atoms. The minimum absolute atomic E-state index is 0.0791. The first-order valence-electron chi connectivity index (χ1n) is 15.5. The third-order valence-electron chi connectivity index (χ3n) is 9.44. The van der Waals surface area contributed by atoms with E-state index in [0.717, 1.165) is 40.5 Å². The Morgan fingerprint density at radius 2 is 1.84 bits per heavy atom. The van der Waals surface area contributed by atoms with Crippen LogP contribution in [0.25, 0.3) is 0 Å². The minimum atomic E-state index is -0.924. The first kappa shape index (κ1) is 30.5. The fourth-order valence-electron chi connectivity index (χ4n) is 7.03. The summed E-state index contributed by atoms with van der Waals surface area (Å²) in [5, 5.41) is 11.6. The number of aliphatic carboxylic acids is 1. The third-order valence-corrected chi connectivity index (χ3v) is 10.2. The van der Waals surface area contributed by atoms with Gasteiger partial charge in [0.25, 0.3) is 5.91 Å². The molecule has 2 amide bonds. The Morgan fingerprint density at radius 3 is 2.57 bits per heavy atom. The molecule has 44 heavy (non-hydrogen) atoms. The number of ether oxygens (including phenoxy) is 1. The molecule has 0 radical (unpaired) electrons. The summed E-state index contributed by atoms with van der Waals surface area (Å²) in [7, 11) is 0. The zero-order valence-corrected chi connectivity index (χ0v) is 26.4. The number of carbonyl (C=O) groups is 3. The van der Waals surface area contributed by atoms with E-state index in [2.05, 4.69) is 15.9 Å². The van der Waals surface area contributed by atoms with Crippen molar-refractivity contribution in [2.45, 2.75) is 57.5 Å². The van der Waals surface area contributed by atoms with Gasteiger partial charge in [-0.2, -0.15) is 0 Å². The van der Waals surface area contributed by atoms with Crippen LogP contribution in [0.2, 0.25) is 0 Å². The van der Waals surface area contributed by atoms with Crippen LogP contribution in [0.4, 0.5) is 0 Å². The number of carboxylic acids is 1. The predicted molar refractivity (Wildman–Crippen MR) is 168 cm³/mol. The molecule has 0 saturated heterocycles. The van der Waals surface area contributed by atoms with Crippen LogP contribution in [0.15, 0.2) is 52.8 Å². The average molecular weight is 667 g/mol. The van der Waals surface area contributed by atoms with Crippen LogP contribution in [0.5, 0.6) is 5.75 Å². The average Bonchev–Trinajstić information content (AvgIpc) is 3.77. The van der Waals surface area contributed by atoms with Crippen molar-refractivity contribution in [3.63, 3.8) is 0 Å². The lowest BCUT2D eigenvalue weighted by Gasteiger charge is -2.43. The maximum atomic E-state index is 14.3. The molecular weight excluding hydrogens is 626 g/mol. The van der Waals surface area contributed by atoms with E-state index in [4.69, 9.17) is 16.3 Å². The molecule has 2 aromatic rings. The molecule has 2 aromatic carbocycles. The van der Waals surface area contributed by atoms with E-state index in [1.54, 1.807) is 21.0 Å². The molecule has 0 spiro atoms. The number of halogens is 1. The summed E-state index contributed by atoms with van der Waals surface area (Å²) >= 11 is 3.72. The molecule has 2 aliphatic carbocycles. The fourth-order valence-corrected chi connectivity index (χ4v) is 7.57. The quantitative estimate of drug-likeness (QED) is 0.253. The second-order valence-corrected chi connectivity index (χ2v) is 13.4. The van der Waals surface area contributed by atoms with Crippen LogP contribution >= 0.6 is 15.9 Å². The molecular formula is C33H40BrN5O5. The van der Waals surface area contributed by atoms with Crippen LogP contribution in [-0.2, 0) is 22.6 Å². The Balaban J connectivity index is 1.33. The highest BCUT2D eigenvalue weighted by Gasteiger charge is 2.44. The highest BCUT2D eigenvalue weighted by Crippen LogP contribution is 2.43. The number of nitrogens with zero attached hydrogens (tertiary/aromatic N) is 3. The molecule has 234 valence electrons. The summed E-state index contributed by atoms with van der Waals surface area (Å²) in [4.78, 5) is 43.6. The van der Waals surface area contributed by atoms with Gasteiger partial charge in [0.05, 0.1) is 23.6 Å². The number of hydrazine groups is 1. The zero-order chi connectivity index (χ0) is 31.0. The van der Waals surface area contributed by atoms with E-state index < -0.39 is 23.8 Å². The highest BCUT2D eigenvalue weighted by atomic mass is 79.9. The first-order valence-corrected chi connectivity index (χ1v) is 16.3. The summed E-state index contributed by atoms with van der Waals surface area (Å²) in [6, 6.07) is 10.8. The number of hydrogen-bond acceptors (Lipinski definition) is 7. The van der Waals surface area contributed by atoms with Gasteiger partial charge in [-0.25, -0.2) is 5.84 Å². The second-order valence-electron chi connectivity index (χ2n) is 12.5. The normalized spacial score (nSPS) is 23.3. The van der Waals surface area contributed by atoms with Gasteiger partial charge in [-0.05, 0) is 67.3 Å². The molecule has 3 unspecified atom stereocenters. The minimum Gasteiger partial charge on any atom is -0.487 e. The summed E-state index contributed by atoms with van der Waals surface area (Å²) in [6.45, 7) is 1.97. The molecule has 11 heteroatoms. The molecule has 0 aromatic heterocycles. The van der Waals surface area contributed by atoms with Gasteiger partial charge in [0, 0.05) is 48.0 Å². The van der Waals surface area contributed by atoms with Crippen molar-refractivity contribution in [1.82, 2.24) is 14.8 Å². The van der Waals surface area contributed by atoms with Crippen molar-refractivity contribution in [2.24, 2.45) is 29.3 Å². The second kappa shape index (κ2) is 12.8. The van der Waals surface area contributed by atoms with E-state index in [0.29, 0.717) is 55.3 Å². The van der Waals surface area contributed by atoms with E-state index in [1.807, 2.05) is 36.4 Å². The standard InChI is InChI=1S/C33H40BrN5O5/c34-27-11-12-29(44-19-22(35)17-38(36)15-20-9-10-20)30-26(27)13-14-39(32(41)24-7-3-4-8-25(24)33(42)43)28(30)18-37-16-21-5-1-2-6-23(21)31(37)40/h1-2,5-6,11-12,17,20,24-25,28H,3-4,7-10,13-16,18-19,35-36H2,(H,42,43)/b22-17-. The van der Waals surface area contributed by atoms with Gasteiger partial charge < -0.3 is 30.4 Å². The van der Waals surface area contributed by atoms with E-state index in [9.17, 15) is 19.5 Å². The molecule has 3 atom stereocenters. The smallest absolute Gasteiger partial charge is 0.307 e. The number of nitrogens with two attached hydrogens (primary N) is 2. The van der Waals surface area contributed by atoms with Crippen molar-refractivity contribution in [3.8, 4) is 5.75 Å². The maximum absolute atomic E-state index is 14.3. The first-order chi connectivity index (χ1) is 21.2. The topological polar surface area (TPSA) is 142 Å². The lowest BCUT2D eigenvalue weighted by molar-refractivity contribution is -0.153. The van der Waals surface area contributed by atoms with Gasteiger partial charge in [-0.15, -0.1) is 0 Å². The number of carbonyl (C=O) groups excluding carboxylic acids is 2. The molecule has 2 fully saturated rings. The summed E-state index contributed by atoms with van der Waals surface area (Å²) in [5.74, 6) is 4.83. The molecule has 2 heterocycles. The number of fused-ring (bicyclic) bond motifs is 2. The molecule has 4 aliphatic rings. The molecule has 2 saturated carbocycles. The highest BCUT2D eigenvalue weighted by molar-refractivity contribution is 9.10. The van der Waals surface area contributed by atoms with Crippen molar-refractivity contribution < 1.29 is 24.2 Å². The fraction of sp³-hybridized carbons (Fsp3) is 0.485. The van der Waals surface area contributed by atoms with Crippen molar-refractivity contribution in [2.75, 3.05) is 26.2 Å².